The van der Waals surface area contributed by atoms with E-state index in [-0.39, 0.29) is 5.75 Å². The molecule has 0 aromatic heterocycles. The lowest BCUT2D eigenvalue weighted by molar-refractivity contribution is 0.0720. The van der Waals surface area contributed by atoms with Crippen LogP contribution in [0.1, 0.15) is 30.1 Å². The Morgan fingerprint density at radius 2 is 1.32 bits per heavy atom. The van der Waals surface area contributed by atoms with Gasteiger partial charge in [-0.05, 0) is 30.7 Å². The maximum Gasteiger partial charge on any atom is 0.349 e. The van der Waals surface area contributed by atoms with Gasteiger partial charge in [0, 0.05) is 0 Å². The standard InChI is InChI=1S/C17H13F5O3/c1-2-3-8-24-9-4-6-10(7-5-9)25-17(23)11-12(18)14(20)16(22)15(21)13(11)19/h4-7H,2-3,8H2,1H3. The highest BCUT2D eigenvalue weighted by atomic mass is 19.2. The minimum absolute atomic E-state index is 0.142. The minimum atomic E-state index is -2.35. The summed E-state index contributed by atoms with van der Waals surface area (Å²) < 4.78 is 76.3. The Balaban J connectivity index is 2.18. The molecule has 0 aliphatic rings. The molecule has 0 bridgehead atoms. The summed E-state index contributed by atoms with van der Waals surface area (Å²) in [5.41, 5.74) is -1.65. The van der Waals surface area contributed by atoms with Crippen molar-refractivity contribution in [2.45, 2.75) is 19.8 Å². The SMILES string of the molecule is CCCCOc1ccc(OC(=O)c2c(F)c(F)c(F)c(F)c2F)cc1. The third kappa shape index (κ3) is 4.07. The Hall–Kier alpha value is -2.64. The molecule has 0 fully saturated rings. The third-order valence-corrected chi connectivity index (χ3v) is 3.21. The summed E-state index contributed by atoms with van der Waals surface area (Å²) in [6.45, 7) is 2.48. The molecule has 0 saturated carbocycles. The van der Waals surface area contributed by atoms with Crippen LogP contribution in [0.5, 0.6) is 11.5 Å². The highest BCUT2D eigenvalue weighted by Crippen LogP contribution is 2.25. The van der Waals surface area contributed by atoms with Crippen molar-refractivity contribution in [1.82, 2.24) is 0 Å². The van der Waals surface area contributed by atoms with Crippen LogP contribution in [0.15, 0.2) is 24.3 Å². The Morgan fingerprint density at radius 3 is 1.84 bits per heavy atom. The van der Waals surface area contributed by atoms with Gasteiger partial charge in [0.1, 0.15) is 17.1 Å². The number of unbranched alkanes of at least 4 members (excludes halogenated alkanes) is 1. The molecule has 0 atom stereocenters. The molecule has 0 spiro atoms. The molecule has 2 aromatic carbocycles. The molecule has 0 amide bonds. The molecule has 0 saturated heterocycles. The van der Waals surface area contributed by atoms with Gasteiger partial charge in [0.05, 0.1) is 6.61 Å². The number of hydrogen-bond acceptors (Lipinski definition) is 3. The molecule has 3 nitrogen and oxygen atoms in total. The van der Waals surface area contributed by atoms with Crippen LogP contribution in [-0.4, -0.2) is 12.6 Å². The first-order valence-electron chi connectivity index (χ1n) is 7.33. The van der Waals surface area contributed by atoms with Crippen LogP contribution in [-0.2, 0) is 0 Å². The molecule has 0 aliphatic heterocycles. The van der Waals surface area contributed by atoms with E-state index in [1.54, 1.807) is 0 Å². The van der Waals surface area contributed by atoms with E-state index in [0.717, 1.165) is 12.8 Å². The molecular formula is C17H13F5O3. The van der Waals surface area contributed by atoms with Gasteiger partial charge >= 0.3 is 5.97 Å². The summed E-state index contributed by atoms with van der Waals surface area (Å²) >= 11 is 0. The first-order chi connectivity index (χ1) is 11.9. The van der Waals surface area contributed by atoms with Gasteiger partial charge in [0.2, 0.25) is 5.82 Å². The van der Waals surface area contributed by atoms with Crippen LogP contribution >= 0.6 is 0 Å². The van der Waals surface area contributed by atoms with Crippen molar-refractivity contribution in [3.8, 4) is 11.5 Å². The third-order valence-electron chi connectivity index (χ3n) is 3.21. The summed E-state index contributed by atoms with van der Waals surface area (Å²) in [6.07, 6.45) is 1.79. The lowest BCUT2D eigenvalue weighted by Crippen LogP contribution is -2.17. The van der Waals surface area contributed by atoms with Gasteiger partial charge in [-0.1, -0.05) is 13.3 Å². The van der Waals surface area contributed by atoms with Crippen molar-refractivity contribution in [1.29, 1.82) is 0 Å². The van der Waals surface area contributed by atoms with Crippen molar-refractivity contribution in [3.63, 3.8) is 0 Å². The molecule has 8 heteroatoms. The number of benzene rings is 2. The molecule has 134 valence electrons. The summed E-state index contributed by atoms with van der Waals surface area (Å²) in [7, 11) is 0. The monoisotopic (exact) mass is 360 g/mol. The highest BCUT2D eigenvalue weighted by molar-refractivity contribution is 5.91. The van der Waals surface area contributed by atoms with Gasteiger partial charge in [-0.25, -0.2) is 26.7 Å². The summed E-state index contributed by atoms with van der Waals surface area (Å²) in [6, 6.07) is 5.42. The van der Waals surface area contributed by atoms with E-state index in [1.807, 2.05) is 6.92 Å². The average Bonchev–Trinajstić information content (AvgIpc) is 2.60. The van der Waals surface area contributed by atoms with E-state index in [1.165, 1.54) is 24.3 Å². The first kappa shape index (κ1) is 18.7. The molecule has 0 unspecified atom stereocenters. The lowest BCUT2D eigenvalue weighted by Gasteiger charge is -2.09. The van der Waals surface area contributed by atoms with E-state index in [2.05, 4.69) is 4.74 Å². The molecule has 25 heavy (non-hydrogen) atoms. The van der Waals surface area contributed by atoms with Crippen LogP contribution in [0.4, 0.5) is 22.0 Å². The van der Waals surface area contributed by atoms with Crippen LogP contribution in [0.3, 0.4) is 0 Å². The van der Waals surface area contributed by atoms with Gasteiger partial charge in [-0.15, -0.1) is 0 Å². The average molecular weight is 360 g/mol. The Bertz CT molecular complexity index is 746. The van der Waals surface area contributed by atoms with E-state index >= 15 is 0 Å². The smallest absolute Gasteiger partial charge is 0.349 e. The second-order valence-electron chi connectivity index (χ2n) is 5.01. The summed E-state index contributed by atoms with van der Waals surface area (Å²) in [5.74, 6) is -12.6. The minimum Gasteiger partial charge on any atom is -0.494 e. The molecule has 0 radical (unpaired) electrons. The number of rotatable bonds is 6. The fourth-order valence-electron chi connectivity index (χ4n) is 1.88. The zero-order valence-corrected chi connectivity index (χ0v) is 13.0. The number of esters is 1. The molecule has 0 aliphatic carbocycles. The fourth-order valence-corrected chi connectivity index (χ4v) is 1.88. The van der Waals surface area contributed by atoms with E-state index in [4.69, 9.17) is 4.74 Å². The van der Waals surface area contributed by atoms with Gasteiger partial charge in [0.25, 0.3) is 0 Å². The topological polar surface area (TPSA) is 35.5 Å². The van der Waals surface area contributed by atoms with Crippen LogP contribution in [0.2, 0.25) is 0 Å². The Morgan fingerprint density at radius 1 is 0.840 bits per heavy atom. The van der Waals surface area contributed by atoms with E-state index < -0.39 is 40.6 Å². The summed E-state index contributed by atoms with van der Waals surface area (Å²) in [4.78, 5) is 11.8. The number of halogens is 5. The quantitative estimate of drug-likeness (QED) is 0.186. The molecule has 0 N–H and O–H groups in total. The highest BCUT2D eigenvalue weighted by Gasteiger charge is 2.30. The summed E-state index contributed by atoms with van der Waals surface area (Å²) in [5, 5.41) is 0. The van der Waals surface area contributed by atoms with Gasteiger partial charge in [-0.3, -0.25) is 0 Å². The predicted molar refractivity (Wildman–Crippen MR) is 78.0 cm³/mol. The van der Waals surface area contributed by atoms with Gasteiger partial charge < -0.3 is 9.47 Å². The number of carbonyl (C=O) groups is 1. The molecular weight excluding hydrogens is 347 g/mol. The first-order valence-corrected chi connectivity index (χ1v) is 7.33. The van der Waals surface area contributed by atoms with Crippen molar-refractivity contribution in [2.24, 2.45) is 0 Å². The lowest BCUT2D eigenvalue weighted by atomic mass is 10.1. The second kappa shape index (κ2) is 7.96. The number of carbonyl (C=O) groups excluding carboxylic acids is 1. The second-order valence-corrected chi connectivity index (χ2v) is 5.01. The van der Waals surface area contributed by atoms with Gasteiger partial charge in [0.15, 0.2) is 23.3 Å². The zero-order valence-electron chi connectivity index (χ0n) is 13.0. The largest absolute Gasteiger partial charge is 0.494 e. The molecule has 2 rings (SSSR count). The number of hydrogen-bond donors (Lipinski definition) is 0. The van der Waals surface area contributed by atoms with Crippen LogP contribution in [0.25, 0.3) is 0 Å². The normalized spacial score (nSPS) is 10.6. The van der Waals surface area contributed by atoms with E-state index in [0.29, 0.717) is 12.4 Å². The van der Waals surface area contributed by atoms with Crippen molar-refractivity contribution in [3.05, 3.63) is 58.9 Å². The van der Waals surface area contributed by atoms with E-state index in [9.17, 15) is 26.7 Å². The van der Waals surface area contributed by atoms with Crippen molar-refractivity contribution in [2.75, 3.05) is 6.61 Å². The predicted octanol–water partition coefficient (Wildman–Crippen LogP) is 4.78. The molecule has 2 aromatic rings. The Kier molecular flexibility index (Phi) is 5.95. The fraction of sp³-hybridized carbons (Fsp3) is 0.235. The maximum absolute atomic E-state index is 13.6. The van der Waals surface area contributed by atoms with Crippen molar-refractivity contribution < 1.29 is 36.2 Å². The van der Waals surface area contributed by atoms with Crippen LogP contribution < -0.4 is 9.47 Å². The van der Waals surface area contributed by atoms with Crippen LogP contribution in [0, 0.1) is 29.1 Å². The van der Waals surface area contributed by atoms with Gasteiger partial charge in [-0.2, -0.15) is 0 Å². The number of ether oxygens (including phenoxy) is 2. The molecule has 0 heterocycles. The zero-order chi connectivity index (χ0) is 18.6. The van der Waals surface area contributed by atoms with Crippen molar-refractivity contribution >= 4 is 5.97 Å². The maximum atomic E-state index is 13.6. The Labute approximate surface area is 140 Å².